The Balaban J connectivity index is 2.44. The van der Waals surface area contributed by atoms with Gasteiger partial charge in [0, 0.05) is 10.2 Å². The fourth-order valence-corrected chi connectivity index (χ4v) is 3.60. The maximum atomic E-state index is 12.3. The summed E-state index contributed by atoms with van der Waals surface area (Å²) in [6.07, 6.45) is 0. The summed E-state index contributed by atoms with van der Waals surface area (Å²) in [6.45, 7) is 0. The van der Waals surface area contributed by atoms with E-state index in [0.717, 1.165) is 0 Å². The number of sulfonamides is 1. The molecule has 7 heteroatoms. The summed E-state index contributed by atoms with van der Waals surface area (Å²) in [6, 6.07) is 11.2. The van der Waals surface area contributed by atoms with Crippen LogP contribution in [0.4, 0.5) is 11.4 Å². The van der Waals surface area contributed by atoms with Crippen LogP contribution in [-0.2, 0) is 10.0 Å². The van der Waals surface area contributed by atoms with Crippen molar-refractivity contribution in [2.24, 2.45) is 0 Å². The van der Waals surface area contributed by atoms with Crippen molar-refractivity contribution in [3.63, 3.8) is 0 Å². The van der Waals surface area contributed by atoms with E-state index in [4.69, 9.17) is 17.3 Å². The van der Waals surface area contributed by atoms with E-state index >= 15 is 0 Å². The molecule has 100 valence electrons. The molecule has 19 heavy (non-hydrogen) atoms. The first kappa shape index (κ1) is 14.2. The third-order valence-corrected chi connectivity index (χ3v) is 4.90. The molecule has 2 aromatic rings. The van der Waals surface area contributed by atoms with Gasteiger partial charge in [-0.15, -0.1) is 0 Å². The highest BCUT2D eigenvalue weighted by molar-refractivity contribution is 9.10. The molecule has 2 aromatic carbocycles. The van der Waals surface area contributed by atoms with Gasteiger partial charge >= 0.3 is 0 Å². The SMILES string of the molecule is Nc1ccc(Cl)c(S(=O)(=O)Nc2ccccc2Br)c1. The zero-order valence-electron chi connectivity index (χ0n) is 9.60. The number of benzene rings is 2. The number of nitrogen functional groups attached to an aromatic ring is 1. The summed E-state index contributed by atoms with van der Waals surface area (Å²) in [5.74, 6) is 0. The molecule has 0 atom stereocenters. The molecule has 0 aromatic heterocycles. The zero-order chi connectivity index (χ0) is 14.0. The Bertz CT molecular complexity index is 719. The van der Waals surface area contributed by atoms with E-state index in [1.54, 1.807) is 30.3 Å². The number of nitrogens with one attached hydrogen (secondary N) is 1. The van der Waals surface area contributed by atoms with E-state index in [0.29, 0.717) is 15.8 Å². The van der Waals surface area contributed by atoms with Crippen LogP contribution < -0.4 is 10.5 Å². The van der Waals surface area contributed by atoms with Gasteiger partial charge in [0.1, 0.15) is 4.90 Å². The number of rotatable bonds is 3. The van der Waals surface area contributed by atoms with Crippen molar-refractivity contribution >= 4 is 48.9 Å². The average molecular weight is 362 g/mol. The van der Waals surface area contributed by atoms with Crippen molar-refractivity contribution in [2.45, 2.75) is 4.90 Å². The third kappa shape index (κ3) is 3.20. The lowest BCUT2D eigenvalue weighted by molar-refractivity contribution is 0.601. The first-order chi connectivity index (χ1) is 8.90. The Morgan fingerprint density at radius 1 is 1.16 bits per heavy atom. The van der Waals surface area contributed by atoms with E-state index < -0.39 is 10.0 Å². The molecule has 4 nitrogen and oxygen atoms in total. The van der Waals surface area contributed by atoms with Crippen LogP contribution in [0.25, 0.3) is 0 Å². The monoisotopic (exact) mass is 360 g/mol. The molecule has 0 aliphatic carbocycles. The summed E-state index contributed by atoms with van der Waals surface area (Å²) in [5, 5.41) is 0.119. The first-order valence-corrected chi connectivity index (χ1v) is 7.88. The summed E-state index contributed by atoms with van der Waals surface area (Å²) >= 11 is 9.17. The molecule has 0 aliphatic rings. The molecule has 2 rings (SSSR count). The van der Waals surface area contributed by atoms with Gasteiger partial charge in [0.15, 0.2) is 0 Å². The zero-order valence-corrected chi connectivity index (χ0v) is 12.8. The van der Waals surface area contributed by atoms with Gasteiger partial charge in [0.2, 0.25) is 0 Å². The van der Waals surface area contributed by atoms with Crippen LogP contribution in [0.3, 0.4) is 0 Å². The molecule has 3 N–H and O–H groups in total. The molecule has 0 saturated carbocycles. The van der Waals surface area contributed by atoms with Gasteiger partial charge in [0.05, 0.1) is 10.7 Å². The smallest absolute Gasteiger partial charge is 0.263 e. The van der Waals surface area contributed by atoms with Crippen LogP contribution in [0.5, 0.6) is 0 Å². The Kier molecular flexibility index (Phi) is 4.03. The lowest BCUT2D eigenvalue weighted by atomic mass is 10.3. The molecule has 0 fully saturated rings. The number of hydrogen-bond acceptors (Lipinski definition) is 3. The van der Waals surface area contributed by atoms with Crippen molar-refractivity contribution in [2.75, 3.05) is 10.5 Å². The van der Waals surface area contributed by atoms with Crippen molar-refractivity contribution < 1.29 is 8.42 Å². The normalized spacial score (nSPS) is 11.3. The Labute approximate surface area is 124 Å². The minimum Gasteiger partial charge on any atom is -0.399 e. The molecule has 0 amide bonds. The molecular weight excluding hydrogens is 352 g/mol. The predicted octanol–water partition coefficient (Wildman–Crippen LogP) is 3.49. The molecule has 0 unspecified atom stereocenters. The minimum absolute atomic E-state index is 0.0510. The molecule has 0 aliphatic heterocycles. The van der Waals surface area contributed by atoms with Crippen LogP contribution in [0.1, 0.15) is 0 Å². The van der Waals surface area contributed by atoms with Gasteiger partial charge in [-0.1, -0.05) is 23.7 Å². The van der Waals surface area contributed by atoms with Gasteiger partial charge in [-0.05, 0) is 46.3 Å². The van der Waals surface area contributed by atoms with E-state index in [1.165, 1.54) is 12.1 Å². The van der Waals surface area contributed by atoms with Crippen molar-refractivity contribution in [3.05, 3.63) is 52.0 Å². The summed E-state index contributed by atoms with van der Waals surface area (Å²) in [7, 11) is -3.78. The third-order valence-electron chi connectivity index (χ3n) is 2.36. The van der Waals surface area contributed by atoms with E-state index in [1.807, 2.05) is 0 Å². The molecule has 0 heterocycles. The van der Waals surface area contributed by atoms with E-state index in [9.17, 15) is 8.42 Å². The molecule has 0 saturated heterocycles. The van der Waals surface area contributed by atoms with E-state index in [2.05, 4.69) is 20.7 Å². The second-order valence-corrected chi connectivity index (χ2v) is 6.69. The van der Waals surface area contributed by atoms with Gasteiger partial charge in [-0.2, -0.15) is 0 Å². The molecule has 0 spiro atoms. The topological polar surface area (TPSA) is 72.2 Å². The molecular formula is C12H10BrClN2O2S. The lowest BCUT2D eigenvalue weighted by Crippen LogP contribution is -2.14. The number of anilines is 2. The number of halogens is 2. The van der Waals surface area contributed by atoms with Crippen LogP contribution in [-0.4, -0.2) is 8.42 Å². The largest absolute Gasteiger partial charge is 0.399 e. The number of hydrogen-bond donors (Lipinski definition) is 2. The van der Waals surface area contributed by atoms with Crippen LogP contribution in [0.15, 0.2) is 51.8 Å². The second kappa shape index (κ2) is 5.40. The second-order valence-electron chi connectivity index (χ2n) is 3.78. The Morgan fingerprint density at radius 2 is 1.84 bits per heavy atom. The standard InChI is InChI=1S/C12H10BrClN2O2S/c13-9-3-1-2-4-11(9)16-19(17,18)12-7-8(15)5-6-10(12)14/h1-7,16H,15H2. The lowest BCUT2D eigenvalue weighted by Gasteiger charge is -2.11. The van der Waals surface area contributed by atoms with E-state index in [-0.39, 0.29) is 9.92 Å². The highest BCUT2D eigenvalue weighted by atomic mass is 79.9. The predicted molar refractivity (Wildman–Crippen MR) is 80.8 cm³/mol. The van der Waals surface area contributed by atoms with Crippen LogP contribution >= 0.6 is 27.5 Å². The van der Waals surface area contributed by atoms with Crippen LogP contribution in [0, 0.1) is 0 Å². The highest BCUT2D eigenvalue weighted by Gasteiger charge is 2.19. The van der Waals surface area contributed by atoms with Gasteiger partial charge in [-0.3, -0.25) is 4.72 Å². The Morgan fingerprint density at radius 3 is 2.53 bits per heavy atom. The van der Waals surface area contributed by atoms with Crippen molar-refractivity contribution in [1.82, 2.24) is 0 Å². The van der Waals surface area contributed by atoms with Gasteiger partial charge < -0.3 is 5.73 Å². The quantitative estimate of drug-likeness (QED) is 0.822. The summed E-state index contributed by atoms with van der Waals surface area (Å²) in [4.78, 5) is -0.0510. The first-order valence-electron chi connectivity index (χ1n) is 5.22. The summed E-state index contributed by atoms with van der Waals surface area (Å²) in [5.41, 5.74) is 6.35. The minimum atomic E-state index is -3.78. The Hall–Kier alpha value is -1.24. The van der Waals surface area contributed by atoms with Crippen LogP contribution in [0.2, 0.25) is 5.02 Å². The molecule has 0 radical (unpaired) electrons. The highest BCUT2D eigenvalue weighted by Crippen LogP contribution is 2.28. The van der Waals surface area contributed by atoms with Gasteiger partial charge in [0.25, 0.3) is 10.0 Å². The number of para-hydroxylation sites is 1. The molecule has 0 bridgehead atoms. The fourth-order valence-electron chi connectivity index (χ4n) is 1.47. The van der Waals surface area contributed by atoms with Crippen molar-refractivity contribution in [1.29, 1.82) is 0 Å². The van der Waals surface area contributed by atoms with Gasteiger partial charge in [-0.25, -0.2) is 8.42 Å². The van der Waals surface area contributed by atoms with Crippen molar-refractivity contribution in [3.8, 4) is 0 Å². The fraction of sp³-hybridized carbons (Fsp3) is 0. The average Bonchev–Trinajstić information content (AvgIpc) is 2.35. The summed E-state index contributed by atoms with van der Waals surface area (Å²) < 4.78 is 27.6. The maximum absolute atomic E-state index is 12.3. The number of nitrogens with two attached hydrogens (primary N) is 1. The maximum Gasteiger partial charge on any atom is 0.263 e.